The number of Topliss-reactive ketones (excluding diaryl/α,β-unsaturated/α-hetero) is 1. The van der Waals surface area contributed by atoms with Crippen molar-refractivity contribution in [3.05, 3.63) is 48.2 Å². The van der Waals surface area contributed by atoms with E-state index in [0.29, 0.717) is 24.8 Å². The molecule has 1 aromatic heterocycles. The quantitative estimate of drug-likeness (QED) is 0.600. The van der Waals surface area contributed by atoms with E-state index in [-0.39, 0.29) is 17.8 Å². The number of nitrogens with zero attached hydrogens (tertiary/aromatic N) is 2. The van der Waals surface area contributed by atoms with Crippen molar-refractivity contribution < 1.29 is 19.0 Å². The van der Waals surface area contributed by atoms with E-state index in [0.717, 1.165) is 50.6 Å². The number of carbonyl (C=O) groups excluding carboxylic acids is 1. The number of anilines is 1. The number of benzene rings is 1. The lowest BCUT2D eigenvalue weighted by Crippen LogP contribution is -2.24. The lowest BCUT2D eigenvalue weighted by molar-refractivity contribution is -0.117. The summed E-state index contributed by atoms with van der Waals surface area (Å²) in [5.74, 6) is 2.47. The van der Waals surface area contributed by atoms with Gasteiger partial charge >= 0.3 is 0 Å². The molecule has 0 radical (unpaired) electrons. The lowest BCUT2D eigenvalue weighted by atomic mass is 9.96. The highest BCUT2D eigenvalue weighted by Crippen LogP contribution is 2.27. The molecule has 0 N–H and O–H groups in total. The van der Waals surface area contributed by atoms with Crippen molar-refractivity contribution in [2.75, 3.05) is 37.8 Å². The van der Waals surface area contributed by atoms with Crippen molar-refractivity contribution >= 4 is 11.5 Å². The molecule has 0 spiro atoms. The normalized spacial score (nSPS) is 21.8. The van der Waals surface area contributed by atoms with E-state index >= 15 is 0 Å². The Morgan fingerprint density at radius 1 is 1.26 bits per heavy atom. The van der Waals surface area contributed by atoms with Crippen LogP contribution < -0.4 is 14.4 Å². The number of hydrogen-bond donors (Lipinski definition) is 0. The molecule has 0 amide bonds. The van der Waals surface area contributed by atoms with Crippen LogP contribution in [-0.2, 0) is 9.53 Å². The second-order valence-corrected chi connectivity index (χ2v) is 8.74. The number of aromatic nitrogens is 1. The van der Waals surface area contributed by atoms with Gasteiger partial charge in [-0.25, -0.2) is 4.98 Å². The Kier molecular flexibility index (Phi) is 7.07. The van der Waals surface area contributed by atoms with Crippen LogP contribution in [0.4, 0.5) is 5.69 Å². The number of hydrogen-bond acceptors (Lipinski definition) is 6. The third-order valence-electron chi connectivity index (χ3n) is 6.07. The maximum atomic E-state index is 11.3. The van der Waals surface area contributed by atoms with Gasteiger partial charge in [-0.2, -0.15) is 0 Å². The van der Waals surface area contributed by atoms with Gasteiger partial charge in [-0.3, -0.25) is 0 Å². The van der Waals surface area contributed by atoms with Crippen LogP contribution in [0.5, 0.6) is 11.6 Å². The molecular formula is C25H32N2O4. The van der Waals surface area contributed by atoms with Crippen molar-refractivity contribution in [3.63, 3.8) is 0 Å². The maximum Gasteiger partial charge on any atom is 0.215 e. The second kappa shape index (κ2) is 10.1. The Morgan fingerprint density at radius 2 is 2.10 bits per heavy atom. The summed E-state index contributed by atoms with van der Waals surface area (Å²) in [5, 5.41) is 0. The summed E-state index contributed by atoms with van der Waals surface area (Å²) in [5.41, 5.74) is 2.29. The van der Waals surface area contributed by atoms with Gasteiger partial charge in [-0.1, -0.05) is 19.1 Å². The first-order valence-electron chi connectivity index (χ1n) is 11.2. The second-order valence-electron chi connectivity index (χ2n) is 8.74. The summed E-state index contributed by atoms with van der Waals surface area (Å²) in [6, 6.07) is 12.2. The van der Waals surface area contributed by atoms with Gasteiger partial charge in [0.15, 0.2) is 0 Å². The predicted molar refractivity (Wildman–Crippen MR) is 120 cm³/mol. The molecule has 166 valence electrons. The van der Waals surface area contributed by atoms with Crippen LogP contribution in [0, 0.1) is 5.92 Å². The minimum absolute atomic E-state index is 0.147. The average molecular weight is 425 g/mol. The number of pyridine rings is 1. The number of carbonyl (C=O) groups is 1. The molecule has 0 saturated carbocycles. The number of ketones is 1. The molecule has 2 fully saturated rings. The van der Waals surface area contributed by atoms with Crippen LogP contribution in [0.15, 0.2) is 42.6 Å². The van der Waals surface area contributed by atoms with Crippen LogP contribution in [0.3, 0.4) is 0 Å². The van der Waals surface area contributed by atoms with Crippen LogP contribution in [0.1, 0.15) is 44.6 Å². The lowest BCUT2D eigenvalue weighted by Gasteiger charge is -2.20. The van der Waals surface area contributed by atoms with Crippen LogP contribution in [0.25, 0.3) is 0 Å². The van der Waals surface area contributed by atoms with Crippen molar-refractivity contribution in [2.24, 2.45) is 5.92 Å². The van der Waals surface area contributed by atoms with Crippen molar-refractivity contribution in [1.82, 2.24) is 4.98 Å². The van der Waals surface area contributed by atoms with Crippen molar-refractivity contribution in [1.29, 1.82) is 0 Å². The maximum absolute atomic E-state index is 11.3. The molecule has 6 heteroatoms. The largest absolute Gasteiger partial charge is 0.489 e. The molecule has 2 aliphatic rings. The van der Waals surface area contributed by atoms with E-state index in [1.807, 2.05) is 30.5 Å². The summed E-state index contributed by atoms with van der Waals surface area (Å²) >= 11 is 0. The molecular weight excluding hydrogens is 392 g/mol. The molecule has 2 aliphatic heterocycles. The highest BCUT2D eigenvalue weighted by Gasteiger charge is 2.25. The fourth-order valence-corrected chi connectivity index (χ4v) is 4.27. The Labute approximate surface area is 184 Å². The summed E-state index contributed by atoms with van der Waals surface area (Å²) in [7, 11) is 0. The topological polar surface area (TPSA) is 60.9 Å². The van der Waals surface area contributed by atoms with E-state index in [4.69, 9.17) is 14.2 Å². The molecule has 1 unspecified atom stereocenters. The van der Waals surface area contributed by atoms with Gasteiger partial charge in [0, 0.05) is 49.9 Å². The summed E-state index contributed by atoms with van der Waals surface area (Å²) in [6.07, 6.45) is 4.56. The van der Waals surface area contributed by atoms with Gasteiger partial charge in [-0.15, -0.1) is 0 Å². The molecule has 3 atom stereocenters. The van der Waals surface area contributed by atoms with E-state index in [1.165, 1.54) is 5.56 Å². The first-order valence-corrected chi connectivity index (χ1v) is 11.2. The zero-order chi connectivity index (χ0) is 21.6. The third kappa shape index (κ3) is 5.97. The van der Waals surface area contributed by atoms with Gasteiger partial charge < -0.3 is 23.9 Å². The SMILES string of the molecule is CC(=O)C[C@@H](C)c1ccc(O[C@@H]2CCN(c3ccnc(OCC4CCOC4)c3)C2)cc1. The van der Waals surface area contributed by atoms with E-state index in [2.05, 4.69) is 28.9 Å². The third-order valence-corrected chi connectivity index (χ3v) is 6.07. The van der Waals surface area contributed by atoms with Gasteiger partial charge in [0.1, 0.15) is 17.6 Å². The summed E-state index contributed by atoms with van der Waals surface area (Å²) in [6.45, 7) is 7.77. The molecule has 0 bridgehead atoms. The summed E-state index contributed by atoms with van der Waals surface area (Å²) < 4.78 is 17.5. The predicted octanol–water partition coefficient (Wildman–Crippen LogP) is 4.24. The van der Waals surface area contributed by atoms with Crippen LogP contribution in [0.2, 0.25) is 0 Å². The minimum Gasteiger partial charge on any atom is -0.489 e. The monoisotopic (exact) mass is 424 g/mol. The number of rotatable bonds is 9. The van der Waals surface area contributed by atoms with Gasteiger partial charge in [0.05, 0.1) is 19.8 Å². The van der Waals surface area contributed by atoms with E-state index in [1.54, 1.807) is 6.92 Å². The molecule has 6 nitrogen and oxygen atoms in total. The molecule has 4 rings (SSSR count). The zero-order valence-electron chi connectivity index (χ0n) is 18.5. The van der Waals surface area contributed by atoms with Crippen LogP contribution >= 0.6 is 0 Å². The summed E-state index contributed by atoms with van der Waals surface area (Å²) in [4.78, 5) is 18.0. The van der Waals surface area contributed by atoms with Gasteiger partial charge in [0.2, 0.25) is 5.88 Å². The highest BCUT2D eigenvalue weighted by atomic mass is 16.5. The van der Waals surface area contributed by atoms with Crippen molar-refractivity contribution in [2.45, 2.75) is 45.1 Å². The smallest absolute Gasteiger partial charge is 0.215 e. The van der Waals surface area contributed by atoms with E-state index < -0.39 is 0 Å². The van der Waals surface area contributed by atoms with E-state index in [9.17, 15) is 4.79 Å². The average Bonchev–Trinajstić information content (AvgIpc) is 3.45. The Morgan fingerprint density at radius 3 is 2.84 bits per heavy atom. The molecule has 3 heterocycles. The van der Waals surface area contributed by atoms with Crippen LogP contribution in [-0.4, -0.2) is 49.8 Å². The Bertz CT molecular complexity index is 864. The molecule has 31 heavy (non-hydrogen) atoms. The number of ether oxygens (including phenoxy) is 3. The fraction of sp³-hybridized carbons (Fsp3) is 0.520. The molecule has 1 aromatic carbocycles. The fourth-order valence-electron chi connectivity index (χ4n) is 4.27. The Hall–Kier alpha value is -2.60. The van der Waals surface area contributed by atoms with Crippen molar-refractivity contribution in [3.8, 4) is 11.6 Å². The Balaban J connectivity index is 1.29. The molecule has 2 saturated heterocycles. The highest BCUT2D eigenvalue weighted by molar-refractivity contribution is 5.76. The van der Waals surface area contributed by atoms with Gasteiger partial charge in [0.25, 0.3) is 0 Å². The standard InChI is InChI=1S/C25H32N2O4/c1-18(13-19(2)28)21-3-5-23(6-4-21)31-24-8-11-27(15-24)22-7-10-26-25(14-22)30-17-20-9-12-29-16-20/h3-7,10,14,18,20,24H,8-9,11-13,15-17H2,1-2H3/t18-,20?,24-/m1/s1. The first kappa shape index (κ1) is 21.6. The van der Waals surface area contributed by atoms with Gasteiger partial charge in [-0.05, 0) is 43.0 Å². The molecule has 2 aromatic rings. The first-order chi connectivity index (χ1) is 15.1. The molecule has 0 aliphatic carbocycles. The zero-order valence-corrected chi connectivity index (χ0v) is 18.5. The minimum atomic E-state index is 0.147.